The Morgan fingerprint density at radius 3 is 2.16 bits per heavy atom. The molecule has 0 unspecified atom stereocenters. The van der Waals surface area contributed by atoms with Crippen LogP contribution in [-0.2, 0) is 4.84 Å². The summed E-state index contributed by atoms with van der Waals surface area (Å²) < 4.78 is 5.43. The highest BCUT2D eigenvalue weighted by atomic mass is 127. The second kappa shape index (κ2) is 12.2. The number of hydroxylamine groups is 2. The molecule has 0 spiro atoms. The molecule has 0 atom stereocenters. The second-order valence-corrected chi connectivity index (χ2v) is 7.69. The normalized spacial score (nSPS) is 14.0. The Hall–Kier alpha value is -1.90. The molecule has 0 saturated carbocycles. The van der Waals surface area contributed by atoms with Gasteiger partial charge in [0.15, 0.2) is 23.0 Å². The topological polar surface area (TPSA) is 42.0 Å². The van der Waals surface area contributed by atoms with E-state index in [2.05, 4.69) is 24.3 Å². The number of hydrogen-bond acceptors (Lipinski definition) is 4. The van der Waals surface area contributed by atoms with Crippen molar-refractivity contribution >= 4 is 34.5 Å². The van der Waals surface area contributed by atoms with Crippen molar-refractivity contribution in [3.05, 3.63) is 70.8 Å². The van der Waals surface area contributed by atoms with Crippen LogP contribution in [0.2, 0.25) is 0 Å². The van der Waals surface area contributed by atoms with E-state index in [4.69, 9.17) is 7.90 Å². The number of amides is 1. The van der Waals surface area contributed by atoms with Crippen molar-refractivity contribution in [2.75, 3.05) is 33.3 Å². The Morgan fingerprint density at radius 2 is 1.61 bits per heavy atom. The van der Waals surface area contributed by atoms with Gasteiger partial charge in [0.05, 0.1) is 7.11 Å². The van der Waals surface area contributed by atoms with Crippen molar-refractivity contribution < 1.29 is 12.7 Å². The first kappa shape index (κ1) is 25.4. The van der Waals surface area contributed by atoms with Gasteiger partial charge in [-0.1, -0.05) is 37.3 Å². The summed E-state index contributed by atoms with van der Waals surface area (Å²) in [6.07, 6.45) is 1.89. The molecule has 1 aliphatic heterocycles. The fraction of sp³-hybridized carbons (Fsp3) is 0.400. The van der Waals surface area contributed by atoms with Gasteiger partial charge in [0.2, 0.25) is 0 Å². The molecule has 31 heavy (non-hydrogen) atoms. The summed E-state index contributed by atoms with van der Waals surface area (Å²) in [7, 11) is 1.72. The lowest BCUT2D eigenvalue weighted by atomic mass is 9.88. The lowest BCUT2D eigenvalue weighted by molar-refractivity contribution is -0.135. The molecular weight excluding hydrogens is 503 g/mol. The fourth-order valence-electron chi connectivity index (χ4n) is 3.94. The molecule has 0 aromatic heterocycles. The minimum absolute atomic E-state index is 0. The highest BCUT2D eigenvalue weighted by Gasteiger charge is 2.20. The maximum Gasteiger partial charge on any atom is 0.253 e. The summed E-state index contributed by atoms with van der Waals surface area (Å²) in [6, 6.07) is 16.2. The third-order valence-electron chi connectivity index (χ3n) is 5.62. The molecule has 1 fully saturated rings. The number of nitrogens with zero attached hydrogens (tertiary/aromatic N) is 2. The summed E-state index contributed by atoms with van der Waals surface area (Å²) in [4.78, 5) is 19.9. The Labute approximate surface area is 200 Å². The predicted molar refractivity (Wildman–Crippen MR) is 135 cm³/mol. The molecule has 168 valence electrons. The van der Waals surface area contributed by atoms with Crippen LogP contribution >= 0.6 is 23.0 Å². The first-order valence-electron chi connectivity index (χ1n) is 10.4. The van der Waals surface area contributed by atoms with Crippen LogP contribution in [0.15, 0.2) is 54.1 Å². The van der Waals surface area contributed by atoms with Gasteiger partial charge < -0.3 is 12.8 Å². The first-order chi connectivity index (χ1) is 14.6. The van der Waals surface area contributed by atoms with Crippen LogP contribution in [0.1, 0.15) is 55.6 Å². The third-order valence-corrected chi connectivity index (χ3v) is 6.13. The molecule has 1 amide bonds. The summed E-state index contributed by atoms with van der Waals surface area (Å²) in [6.45, 7) is 7.18. The van der Waals surface area contributed by atoms with E-state index in [0.29, 0.717) is 13.1 Å². The molecule has 6 heteroatoms. The van der Waals surface area contributed by atoms with Gasteiger partial charge in [0, 0.05) is 31.7 Å². The standard InChI is InChI=1S/C24H29IN2O3.CH4/c1-4-26(5-2)24(28)20-11-9-18(10-12-20)23(19-13-15-27(29-3)16-14-19)21-7-6-8-22(17-21)30-25;/h6-12,17H,4-5,13-16H2,1-3H3;1H4. The average Bonchev–Trinajstić information content (AvgIpc) is 2.81. The van der Waals surface area contributed by atoms with E-state index in [1.54, 1.807) is 7.11 Å². The highest BCUT2D eigenvalue weighted by molar-refractivity contribution is 14.1. The maximum absolute atomic E-state index is 12.7. The SMILES string of the molecule is C.CCN(CC)C(=O)c1ccc(C(=C2CCN(OC)CC2)c2cccc(OI)c2)cc1. The first-order valence-corrected chi connectivity index (χ1v) is 11.3. The zero-order valence-corrected chi connectivity index (χ0v) is 20.0. The van der Waals surface area contributed by atoms with Crippen LogP contribution < -0.4 is 3.07 Å². The average molecular weight is 536 g/mol. The zero-order valence-electron chi connectivity index (χ0n) is 17.9. The van der Waals surface area contributed by atoms with Crippen LogP contribution in [-0.4, -0.2) is 49.2 Å². The highest BCUT2D eigenvalue weighted by Crippen LogP contribution is 2.34. The van der Waals surface area contributed by atoms with Crippen molar-refractivity contribution in [2.45, 2.75) is 34.1 Å². The van der Waals surface area contributed by atoms with Crippen molar-refractivity contribution in [3.8, 4) is 5.75 Å². The molecule has 0 radical (unpaired) electrons. The molecule has 2 aromatic carbocycles. The van der Waals surface area contributed by atoms with Gasteiger partial charge in [-0.3, -0.25) is 4.79 Å². The van der Waals surface area contributed by atoms with Gasteiger partial charge in [-0.15, -0.1) is 0 Å². The Morgan fingerprint density at radius 1 is 1.00 bits per heavy atom. The monoisotopic (exact) mass is 536 g/mol. The molecule has 1 saturated heterocycles. The molecule has 2 aromatic rings. The van der Waals surface area contributed by atoms with E-state index in [-0.39, 0.29) is 13.3 Å². The largest absolute Gasteiger partial charge is 0.428 e. The summed E-state index contributed by atoms with van der Waals surface area (Å²) in [5.74, 6) is 0.906. The molecule has 0 aliphatic carbocycles. The number of hydrogen-bond donors (Lipinski definition) is 0. The van der Waals surface area contributed by atoms with Gasteiger partial charge in [-0.2, -0.15) is 5.06 Å². The zero-order chi connectivity index (χ0) is 21.5. The van der Waals surface area contributed by atoms with E-state index < -0.39 is 0 Å². The number of piperidine rings is 1. The van der Waals surface area contributed by atoms with E-state index in [1.807, 2.05) is 71.1 Å². The fourth-order valence-corrected chi connectivity index (χ4v) is 4.21. The van der Waals surface area contributed by atoms with Gasteiger partial charge in [-0.05, 0) is 67.7 Å². The predicted octanol–water partition coefficient (Wildman–Crippen LogP) is 5.99. The van der Waals surface area contributed by atoms with Crippen LogP contribution in [0.5, 0.6) is 5.75 Å². The number of carbonyl (C=O) groups excluding carboxylic acids is 1. The minimum Gasteiger partial charge on any atom is -0.428 e. The van der Waals surface area contributed by atoms with Gasteiger partial charge in [-0.25, -0.2) is 0 Å². The molecule has 1 heterocycles. The van der Waals surface area contributed by atoms with E-state index in [9.17, 15) is 4.79 Å². The summed E-state index contributed by atoms with van der Waals surface area (Å²) in [5.41, 5.74) is 5.61. The van der Waals surface area contributed by atoms with E-state index in [0.717, 1.165) is 48.4 Å². The number of halogens is 1. The van der Waals surface area contributed by atoms with Crippen molar-refractivity contribution in [2.24, 2.45) is 0 Å². The van der Waals surface area contributed by atoms with Crippen LogP contribution in [0.4, 0.5) is 0 Å². The third kappa shape index (κ3) is 6.08. The van der Waals surface area contributed by atoms with E-state index in [1.165, 1.54) is 11.1 Å². The Balaban J connectivity index is 0.00000341. The van der Waals surface area contributed by atoms with Gasteiger partial charge in [0.1, 0.15) is 5.75 Å². The number of rotatable bonds is 7. The molecule has 3 rings (SSSR count). The lowest BCUT2D eigenvalue weighted by Crippen LogP contribution is -2.30. The van der Waals surface area contributed by atoms with Crippen LogP contribution in [0.25, 0.3) is 5.57 Å². The van der Waals surface area contributed by atoms with Crippen molar-refractivity contribution in [1.29, 1.82) is 0 Å². The van der Waals surface area contributed by atoms with Gasteiger partial charge >= 0.3 is 0 Å². The minimum atomic E-state index is 0. The van der Waals surface area contributed by atoms with Gasteiger partial charge in [0.25, 0.3) is 5.91 Å². The second-order valence-electron chi connectivity index (χ2n) is 7.25. The summed E-state index contributed by atoms with van der Waals surface area (Å²) >= 11 is 1.91. The molecule has 1 aliphatic rings. The molecular formula is C25H33IN2O3. The lowest BCUT2D eigenvalue weighted by Gasteiger charge is -2.28. The number of carbonyl (C=O) groups is 1. The van der Waals surface area contributed by atoms with Crippen molar-refractivity contribution in [3.63, 3.8) is 0 Å². The Bertz CT molecular complexity index is 882. The smallest absolute Gasteiger partial charge is 0.253 e. The number of benzene rings is 2. The van der Waals surface area contributed by atoms with Crippen molar-refractivity contribution in [1.82, 2.24) is 9.96 Å². The maximum atomic E-state index is 12.7. The Kier molecular flexibility index (Phi) is 9.99. The van der Waals surface area contributed by atoms with Crippen LogP contribution in [0.3, 0.4) is 0 Å². The van der Waals surface area contributed by atoms with E-state index >= 15 is 0 Å². The molecule has 5 nitrogen and oxygen atoms in total. The van der Waals surface area contributed by atoms with Crippen LogP contribution in [0, 0.1) is 0 Å². The molecule has 0 bridgehead atoms. The summed E-state index contributed by atoms with van der Waals surface area (Å²) in [5, 5.41) is 2.00. The molecule has 0 N–H and O–H groups in total. The quantitative estimate of drug-likeness (QED) is 0.408.